The number of hydrogen-bond donors (Lipinski definition) is 2. The molecule has 0 fully saturated rings. The van der Waals surface area contributed by atoms with E-state index >= 15 is 0 Å². The number of ether oxygens (including phenoxy) is 1. The minimum Gasteiger partial charge on any atom is -0.503 e. The fourth-order valence-electron chi connectivity index (χ4n) is 1.29. The fourth-order valence-corrected chi connectivity index (χ4v) is 1.29. The van der Waals surface area contributed by atoms with Crippen LogP contribution in [0, 0.1) is 11.6 Å². The first kappa shape index (κ1) is 12.2. The highest BCUT2D eigenvalue weighted by Crippen LogP contribution is 2.32. The average Bonchev–Trinajstić information content (AvgIpc) is 2.23. The Morgan fingerprint density at radius 2 is 2.12 bits per heavy atom. The Hall–Kier alpha value is -1.85. The number of benzene rings is 1. The van der Waals surface area contributed by atoms with E-state index in [1.165, 1.54) is 0 Å². The Labute approximate surface area is 90.1 Å². The molecule has 1 aromatic rings. The quantitative estimate of drug-likeness (QED) is 0.829. The number of phenols is 1. The minimum absolute atomic E-state index is 0.0673. The number of aryl methyl sites for hydroxylation is 1. The molecule has 0 atom stereocenters. The van der Waals surface area contributed by atoms with E-state index in [1.54, 1.807) is 0 Å². The third-order valence-electron chi connectivity index (χ3n) is 2.04. The number of carbonyl (C=O) groups is 1. The molecule has 0 saturated heterocycles. The Kier molecular flexibility index (Phi) is 3.65. The van der Waals surface area contributed by atoms with Crippen molar-refractivity contribution < 1.29 is 28.5 Å². The molecule has 0 heterocycles. The molecule has 1 aromatic carbocycles. The van der Waals surface area contributed by atoms with Gasteiger partial charge in [-0.2, -0.15) is 4.39 Å². The van der Waals surface area contributed by atoms with Gasteiger partial charge in [0.05, 0.1) is 7.11 Å². The summed E-state index contributed by atoms with van der Waals surface area (Å²) in [6.07, 6.45) is -0.355. The van der Waals surface area contributed by atoms with Crippen LogP contribution in [0.15, 0.2) is 6.07 Å². The van der Waals surface area contributed by atoms with Gasteiger partial charge in [-0.1, -0.05) is 0 Å². The van der Waals surface area contributed by atoms with Crippen LogP contribution in [0.4, 0.5) is 8.78 Å². The van der Waals surface area contributed by atoms with E-state index in [-0.39, 0.29) is 24.2 Å². The molecule has 4 nitrogen and oxygen atoms in total. The summed E-state index contributed by atoms with van der Waals surface area (Å²) in [6, 6.07) is 0.861. The zero-order chi connectivity index (χ0) is 12.3. The van der Waals surface area contributed by atoms with Gasteiger partial charge in [-0.05, 0) is 12.5 Å². The smallest absolute Gasteiger partial charge is 0.303 e. The summed E-state index contributed by atoms with van der Waals surface area (Å²) in [5.74, 6) is -4.91. The number of phenolic OH excluding ortho intramolecular Hbond substituents is 1. The third kappa shape index (κ3) is 2.39. The van der Waals surface area contributed by atoms with Gasteiger partial charge < -0.3 is 14.9 Å². The highest BCUT2D eigenvalue weighted by molar-refractivity contribution is 5.67. The zero-order valence-electron chi connectivity index (χ0n) is 8.46. The van der Waals surface area contributed by atoms with E-state index in [1.807, 2.05) is 0 Å². The SMILES string of the molecule is COc1c(CCC(=O)O)cc(F)c(O)c1F. The molecule has 1 rings (SSSR count). The van der Waals surface area contributed by atoms with Gasteiger partial charge in [0.2, 0.25) is 5.82 Å². The Morgan fingerprint density at radius 3 is 2.62 bits per heavy atom. The lowest BCUT2D eigenvalue weighted by atomic mass is 10.1. The summed E-state index contributed by atoms with van der Waals surface area (Å²) in [6.45, 7) is 0. The van der Waals surface area contributed by atoms with Crippen molar-refractivity contribution in [2.24, 2.45) is 0 Å². The average molecular weight is 232 g/mol. The van der Waals surface area contributed by atoms with E-state index in [2.05, 4.69) is 4.74 Å². The van der Waals surface area contributed by atoms with Crippen LogP contribution < -0.4 is 4.74 Å². The molecule has 88 valence electrons. The molecule has 0 radical (unpaired) electrons. The second-order valence-electron chi connectivity index (χ2n) is 3.11. The summed E-state index contributed by atoms with van der Waals surface area (Å²) in [5.41, 5.74) is 0.0673. The van der Waals surface area contributed by atoms with Crippen LogP contribution in [0.3, 0.4) is 0 Å². The molecule has 6 heteroatoms. The lowest BCUT2D eigenvalue weighted by Gasteiger charge is -2.10. The standard InChI is InChI=1S/C10H10F2O4/c1-16-10-5(2-3-7(13)14)4-6(11)9(15)8(10)12/h4,15H,2-3H2,1H3,(H,13,14). The van der Waals surface area contributed by atoms with E-state index in [9.17, 15) is 13.6 Å². The first-order valence-corrected chi connectivity index (χ1v) is 4.43. The van der Waals surface area contributed by atoms with Crippen molar-refractivity contribution in [3.05, 3.63) is 23.3 Å². The lowest BCUT2D eigenvalue weighted by molar-refractivity contribution is -0.136. The molecule has 0 amide bonds. The van der Waals surface area contributed by atoms with Gasteiger partial charge in [-0.25, -0.2) is 4.39 Å². The number of carboxylic acid groups (broad SMARTS) is 1. The molecular formula is C10H10F2O4. The van der Waals surface area contributed by atoms with Crippen LogP contribution in [0.2, 0.25) is 0 Å². The summed E-state index contributed by atoms with van der Waals surface area (Å²) in [7, 11) is 1.15. The number of aliphatic carboxylic acids is 1. The molecule has 0 bridgehead atoms. The maximum atomic E-state index is 13.3. The number of rotatable bonds is 4. The second-order valence-corrected chi connectivity index (χ2v) is 3.11. The lowest BCUT2D eigenvalue weighted by Crippen LogP contribution is -2.02. The molecule has 0 unspecified atom stereocenters. The van der Waals surface area contributed by atoms with Gasteiger partial charge in [-0.15, -0.1) is 0 Å². The van der Waals surface area contributed by atoms with Crippen molar-refractivity contribution >= 4 is 5.97 Å². The largest absolute Gasteiger partial charge is 0.503 e. The van der Waals surface area contributed by atoms with Crippen LogP contribution in [0.1, 0.15) is 12.0 Å². The molecule has 16 heavy (non-hydrogen) atoms. The first-order valence-electron chi connectivity index (χ1n) is 4.43. The Balaban J connectivity index is 3.12. The van der Waals surface area contributed by atoms with Crippen LogP contribution in [0.25, 0.3) is 0 Å². The maximum absolute atomic E-state index is 13.3. The number of carboxylic acids is 1. The van der Waals surface area contributed by atoms with Gasteiger partial charge in [0, 0.05) is 12.0 Å². The van der Waals surface area contributed by atoms with Gasteiger partial charge in [0.1, 0.15) is 0 Å². The molecule has 0 aliphatic carbocycles. The van der Waals surface area contributed by atoms with Gasteiger partial charge in [-0.3, -0.25) is 4.79 Å². The fraction of sp³-hybridized carbons (Fsp3) is 0.300. The number of aromatic hydroxyl groups is 1. The minimum atomic E-state index is -1.22. The van der Waals surface area contributed by atoms with Crippen LogP contribution in [-0.4, -0.2) is 23.3 Å². The van der Waals surface area contributed by atoms with Gasteiger partial charge in [0.25, 0.3) is 0 Å². The highest BCUT2D eigenvalue weighted by atomic mass is 19.1. The molecule has 0 aliphatic heterocycles. The van der Waals surface area contributed by atoms with Crippen LogP contribution in [0.5, 0.6) is 11.5 Å². The monoisotopic (exact) mass is 232 g/mol. The highest BCUT2D eigenvalue weighted by Gasteiger charge is 2.18. The number of halogens is 2. The molecule has 0 aromatic heterocycles. The second kappa shape index (κ2) is 4.78. The topological polar surface area (TPSA) is 66.8 Å². The van der Waals surface area contributed by atoms with Gasteiger partial charge >= 0.3 is 5.97 Å². The summed E-state index contributed by atoms with van der Waals surface area (Å²) < 4.78 is 30.9. The van der Waals surface area contributed by atoms with E-state index < -0.39 is 23.4 Å². The third-order valence-corrected chi connectivity index (χ3v) is 2.04. The Morgan fingerprint density at radius 1 is 1.50 bits per heavy atom. The molecule has 0 aliphatic rings. The molecule has 0 spiro atoms. The predicted octanol–water partition coefficient (Wildman–Crippen LogP) is 1.70. The van der Waals surface area contributed by atoms with Crippen molar-refractivity contribution in [2.45, 2.75) is 12.8 Å². The Bertz CT molecular complexity index is 418. The molecular weight excluding hydrogens is 222 g/mol. The van der Waals surface area contributed by atoms with Crippen molar-refractivity contribution in [3.8, 4) is 11.5 Å². The van der Waals surface area contributed by atoms with Gasteiger partial charge in [0.15, 0.2) is 17.3 Å². The summed E-state index contributed by atoms with van der Waals surface area (Å²) in [4.78, 5) is 10.3. The van der Waals surface area contributed by atoms with E-state index in [0.717, 1.165) is 13.2 Å². The van der Waals surface area contributed by atoms with Crippen molar-refractivity contribution in [1.29, 1.82) is 0 Å². The number of methoxy groups -OCH3 is 1. The number of hydrogen-bond acceptors (Lipinski definition) is 3. The maximum Gasteiger partial charge on any atom is 0.303 e. The van der Waals surface area contributed by atoms with Crippen molar-refractivity contribution in [2.75, 3.05) is 7.11 Å². The van der Waals surface area contributed by atoms with E-state index in [0.29, 0.717) is 0 Å². The normalized spacial score (nSPS) is 10.2. The van der Waals surface area contributed by atoms with Crippen LogP contribution in [-0.2, 0) is 11.2 Å². The summed E-state index contributed by atoms with van der Waals surface area (Å²) in [5, 5.41) is 17.4. The molecule has 2 N–H and O–H groups in total. The predicted molar refractivity (Wildman–Crippen MR) is 50.5 cm³/mol. The summed E-state index contributed by atoms with van der Waals surface area (Å²) >= 11 is 0. The zero-order valence-corrected chi connectivity index (χ0v) is 8.46. The van der Waals surface area contributed by atoms with Crippen molar-refractivity contribution in [3.63, 3.8) is 0 Å². The van der Waals surface area contributed by atoms with Crippen LogP contribution >= 0.6 is 0 Å². The molecule has 0 saturated carbocycles. The first-order chi connectivity index (χ1) is 7.47. The van der Waals surface area contributed by atoms with E-state index in [4.69, 9.17) is 10.2 Å². The van der Waals surface area contributed by atoms with Crippen molar-refractivity contribution in [1.82, 2.24) is 0 Å².